The number of rotatable bonds is 5. The Hall–Kier alpha value is -1.80. The van der Waals surface area contributed by atoms with Crippen molar-refractivity contribution >= 4 is 17.8 Å². The maximum absolute atomic E-state index is 11.9. The number of carboxylic acids is 1. The summed E-state index contributed by atoms with van der Waals surface area (Å²) in [5, 5.41) is 13.2. The van der Waals surface area contributed by atoms with Crippen LogP contribution in [-0.4, -0.2) is 41.7 Å². The van der Waals surface area contributed by atoms with E-state index in [0.29, 0.717) is 12.8 Å². The standard InChI is InChI=1S/C13H19F3N2O4/c14-13(15,16)7-17-10(19)6-11(20)18-9-5-3-1-2-4-8(9)12(21)22/h8-9H,1-7H2,(H,17,19)(H,18,20)(H,21,22)/t8-,9+/m1/s1. The highest BCUT2D eigenvalue weighted by molar-refractivity contribution is 5.97. The number of halogens is 3. The van der Waals surface area contributed by atoms with Crippen LogP contribution in [0.25, 0.3) is 0 Å². The van der Waals surface area contributed by atoms with Crippen LogP contribution in [0.3, 0.4) is 0 Å². The minimum Gasteiger partial charge on any atom is -0.481 e. The number of hydrogen-bond donors (Lipinski definition) is 3. The van der Waals surface area contributed by atoms with Gasteiger partial charge in [-0.2, -0.15) is 13.2 Å². The Morgan fingerprint density at radius 2 is 1.68 bits per heavy atom. The minimum absolute atomic E-state index is 0.431. The van der Waals surface area contributed by atoms with Crippen molar-refractivity contribution < 1.29 is 32.7 Å². The molecule has 2 amide bonds. The first-order valence-electron chi connectivity index (χ1n) is 7.04. The SMILES string of the molecule is O=C(CC(=O)N[C@H]1CCCCC[C@H]1C(=O)O)NCC(F)(F)F. The summed E-state index contributed by atoms with van der Waals surface area (Å²) in [6, 6.07) is -0.595. The smallest absolute Gasteiger partial charge is 0.405 e. The van der Waals surface area contributed by atoms with Gasteiger partial charge in [-0.25, -0.2) is 0 Å². The molecule has 1 aliphatic carbocycles. The van der Waals surface area contributed by atoms with E-state index in [1.54, 1.807) is 5.32 Å². The zero-order chi connectivity index (χ0) is 16.8. The van der Waals surface area contributed by atoms with Crippen molar-refractivity contribution in [3.63, 3.8) is 0 Å². The van der Waals surface area contributed by atoms with Gasteiger partial charge < -0.3 is 15.7 Å². The van der Waals surface area contributed by atoms with E-state index in [1.165, 1.54) is 0 Å². The van der Waals surface area contributed by atoms with Crippen molar-refractivity contribution in [3.8, 4) is 0 Å². The lowest BCUT2D eigenvalue weighted by Gasteiger charge is -2.22. The van der Waals surface area contributed by atoms with E-state index in [1.807, 2.05) is 0 Å². The molecule has 1 fully saturated rings. The van der Waals surface area contributed by atoms with Crippen LogP contribution < -0.4 is 10.6 Å². The minimum atomic E-state index is -4.54. The highest BCUT2D eigenvalue weighted by Gasteiger charge is 2.31. The molecule has 2 atom stereocenters. The molecule has 1 rings (SSSR count). The van der Waals surface area contributed by atoms with Crippen LogP contribution in [0, 0.1) is 5.92 Å². The third-order valence-electron chi connectivity index (χ3n) is 3.49. The molecule has 0 aromatic heterocycles. The number of nitrogens with one attached hydrogen (secondary N) is 2. The highest BCUT2D eigenvalue weighted by Crippen LogP contribution is 2.23. The van der Waals surface area contributed by atoms with Crippen molar-refractivity contribution in [1.82, 2.24) is 10.6 Å². The summed E-state index contributed by atoms with van der Waals surface area (Å²) in [5.74, 6) is -3.56. The zero-order valence-electron chi connectivity index (χ0n) is 11.9. The number of aliphatic carboxylic acids is 1. The van der Waals surface area contributed by atoms with Crippen molar-refractivity contribution in [2.24, 2.45) is 5.92 Å². The van der Waals surface area contributed by atoms with Gasteiger partial charge in [0.05, 0.1) is 5.92 Å². The van der Waals surface area contributed by atoms with Crippen molar-refractivity contribution in [1.29, 1.82) is 0 Å². The van der Waals surface area contributed by atoms with Crippen LogP contribution in [0.5, 0.6) is 0 Å². The molecular weight excluding hydrogens is 305 g/mol. The molecule has 1 aliphatic rings. The van der Waals surface area contributed by atoms with E-state index in [-0.39, 0.29) is 0 Å². The van der Waals surface area contributed by atoms with Gasteiger partial charge in [-0.3, -0.25) is 14.4 Å². The van der Waals surface area contributed by atoms with Gasteiger partial charge in [0, 0.05) is 6.04 Å². The molecule has 0 aliphatic heterocycles. The predicted octanol–water partition coefficient (Wildman–Crippen LogP) is 1.20. The summed E-state index contributed by atoms with van der Waals surface area (Å²) in [4.78, 5) is 34.1. The summed E-state index contributed by atoms with van der Waals surface area (Å²) in [5.41, 5.74) is 0. The Bertz CT molecular complexity index is 426. The molecule has 0 radical (unpaired) electrons. The molecule has 0 bridgehead atoms. The maximum atomic E-state index is 11.9. The fraction of sp³-hybridized carbons (Fsp3) is 0.769. The summed E-state index contributed by atoms with van der Waals surface area (Å²) in [6.45, 7) is -1.50. The quantitative estimate of drug-likeness (QED) is 0.523. The molecule has 22 heavy (non-hydrogen) atoms. The van der Waals surface area contributed by atoms with Crippen LogP contribution >= 0.6 is 0 Å². The number of carbonyl (C=O) groups is 3. The molecular formula is C13H19F3N2O4. The molecule has 1 saturated carbocycles. The summed E-state index contributed by atoms with van der Waals surface area (Å²) < 4.78 is 35.8. The second-order valence-electron chi connectivity index (χ2n) is 5.33. The molecule has 0 saturated heterocycles. The molecule has 0 aromatic carbocycles. The zero-order valence-corrected chi connectivity index (χ0v) is 11.9. The first-order valence-corrected chi connectivity index (χ1v) is 7.04. The van der Waals surface area contributed by atoms with E-state index in [4.69, 9.17) is 5.11 Å². The summed E-state index contributed by atoms with van der Waals surface area (Å²) in [6.07, 6.45) is -2.01. The van der Waals surface area contributed by atoms with E-state index in [9.17, 15) is 27.6 Å². The average molecular weight is 324 g/mol. The van der Waals surface area contributed by atoms with Gasteiger partial charge in [-0.1, -0.05) is 19.3 Å². The van der Waals surface area contributed by atoms with Gasteiger partial charge in [0.2, 0.25) is 11.8 Å². The molecule has 0 spiro atoms. The average Bonchev–Trinajstić information content (AvgIpc) is 2.61. The molecule has 3 N–H and O–H groups in total. The van der Waals surface area contributed by atoms with Crippen molar-refractivity contribution in [2.45, 2.75) is 50.7 Å². The van der Waals surface area contributed by atoms with Crippen LogP contribution in [0.15, 0.2) is 0 Å². The number of alkyl halides is 3. The number of carbonyl (C=O) groups excluding carboxylic acids is 2. The Balaban J connectivity index is 2.48. The van der Waals surface area contributed by atoms with E-state index >= 15 is 0 Å². The van der Waals surface area contributed by atoms with Crippen LogP contribution in [0.1, 0.15) is 38.5 Å². The maximum Gasteiger partial charge on any atom is 0.405 e. The van der Waals surface area contributed by atoms with Crippen LogP contribution in [-0.2, 0) is 14.4 Å². The first kappa shape index (κ1) is 18.2. The molecule has 0 aromatic rings. The van der Waals surface area contributed by atoms with Gasteiger partial charge in [0.25, 0.3) is 0 Å². The number of carboxylic acid groups (broad SMARTS) is 1. The fourth-order valence-corrected chi connectivity index (χ4v) is 2.44. The molecule has 9 heteroatoms. The Labute approximate surface area is 125 Å². The van der Waals surface area contributed by atoms with Crippen LogP contribution in [0.4, 0.5) is 13.2 Å². The lowest BCUT2D eigenvalue weighted by Crippen LogP contribution is -2.44. The van der Waals surface area contributed by atoms with Crippen molar-refractivity contribution in [3.05, 3.63) is 0 Å². The second kappa shape index (κ2) is 8.00. The molecule has 0 unspecified atom stereocenters. The third-order valence-corrected chi connectivity index (χ3v) is 3.49. The molecule has 0 heterocycles. The lowest BCUT2D eigenvalue weighted by atomic mass is 9.95. The van der Waals surface area contributed by atoms with Crippen LogP contribution in [0.2, 0.25) is 0 Å². The highest BCUT2D eigenvalue weighted by atomic mass is 19.4. The summed E-state index contributed by atoms with van der Waals surface area (Å²) in [7, 11) is 0. The van der Waals surface area contributed by atoms with E-state index in [2.05, 4.69) is 5.32 Å². The van der Waals surface area contributed by atoms with Gasteiger partial charge in [0.1, 0.15) is 13.0 Å². The van der Waals surface area contributed by atoms with E-state index in [0.717, 1.165) is 19.3 Å². The molecule has 6 nitrogen and oxygen atoms in total. The Morgan fingerprint density at radius 1 is 1.05 bits per heavy atom. The second-order valence-corrected chi connectivity index (χ2v) is 5.33. The number of hydrogen-bond acceptors (Lipinski definition) is 3. The predicted molar refractivity (Wildman–Crippen MR) is 69.8 cm³/mol. The number of amides is 2. The van der Waals surface area contributed by atoms with Gasteiger partial charge in [-0.15, -0.1) is 0 Å². The third kappa shape index (κ3) is 6.77. The fourth-order valence-electron chi connectivity index (χ4n) is 2.44. The first-order chi connectivity index (χ1) is 10.2. The Kier molecular flexibility index (Phi) is 6.63. The van der Waals surface area contributed by atoms with E-state index < -0.39 is 48.9 Å². The largest absolute Gasteiger partial charge is 0.481 e. The monoisotopic (exact) mass is 324 g/mol. The van der Waals surface area contributed by atoms with Crippen molar-refractivity contribution in [2.75, 3.05) is 6.54 Å². The van der Waals surface area contributed by atoms with Gasteiger partial charge >= 0.3 is 12.1 Å². The lowest BCUT2D eigenvalue weighted by molar-refractivity contribution is -0.143. The normalized spacial score (nSPS) is 22.5. The molecule has 126 valence electrons. The summed E-state index contributed by atoms with van der Waals surface area (Å²) >= 11 is 0. The Morgan fingerprint density at radius 3 is 2.27 bits per heavy atom. The van der Waals surface area contributed by atoms with Gasteiger partial charge in [-0.05, 0) is 12.8 Å². The van der Waals surface area contributed by atoms with Gasteiger partial charge in [0.15, 0.2) is 0 Å². The topological polar surface area (TPSA) is 95.5 Å².